The van der Waals surface area contributed by atoms with E-state index in [-0.39, 0.29) is 6.03 Å². The van der Waals surface area contributed by atoms with Crippen molar-refractivity contribution in [3.63, 3.8) is 0 Å². The van der Waals surface area contributed by atoms with Gasteiger partial charge in [0.25, 0.3) is 0 Å². The summed E-state index contributed by atoms with van der Waals surface area (Å²) < 4.78 is 33.7. The van der Waals surface area contributed by atoms with E-state index in [1.54, 1.807) is 4.90 Å². The Kier molecular flexibility index (Phi) is 6.41. The van der Waals surface area contributed by atoms with Gasteiger partial charge in [-0.25, -0.2) is 19.6 Å². The predicted molar refractivity (Wildman–Crippen MR) is 135 cm³/mol. The van der Waals surface area contributed by atoms with Crippen LogP contribution in [0.4, 0.5) is 35.2 Å². The number of alkyl halides is 3. The number of urea groups is 1. The second-order valence-electron chi connectivity index (χ2n) is 9.92. The van der Waals surface area contributed by atoms with Crippen LogP contribution in [0.15, 0.2) is 30.7 Å². The Bertz CT molecular complexity index is 1400. The third kappa shape index (κ3) is 5.10. The number of aliphatic carboxylic acids is 1. The molecule has 202 valence electrons. The fraction of sp³-hybridized carbons (Fsp3) is 0.440. The van der Waals surface area contributed by atoms with Crippen LogP contribution in [-0.4, -0.2) is 69.4 Å². The number of imidazole rings is 1. The van der Waals surface area contributed by atoms with Crippen molar-refractivity contribution in [3.05, 3.63) is 47.5 Å². The highest BCUT2D eigenvalue weighted by Crippen LogP contribution is 2.41. The first-order valence-corrected chi connectivity index (χ1v) is 12.3. The lowest BCUT2D eigenvalue weighted by Crippen LogP contribution is -2.52. The number of carboxylic acid groups (broad SMARTS) is 1. The SMILES string of the molecule is Cc1cn2cc(NC(=O)N3CCc4c(N5CCNC6(CC6)C5)ccnc43)cc(C)c2n1.O=C(O)C(F)(F)F. The number of halogens is 3. The van der Waals surface area contributed by atoms with Crippen LogP contribution in [-0.2, 0) is 11.2 Å². The molecule has 3 N–H and O–H groups in total. The molecule has 2 amide bonds. The van der Waals surface area contributed by atoms with Crippen molar-refractivity contribution in [2.75, 3.05) is 41.3 Å². The first-order valence-electron chi connectivity index (χ1n) is 12.3. The van der Waals surface area contributed by atoms with Gasteiger partial charge in [-0.05, 0) is 50.8 Å². The van der Waals surface area contributed by atoms with E-state index in [9.17, 15) is 18.0 Å². The molecular formula is C25H28F3N7O3. The lowest BCUT2D eigenvalue weighted by molar-refractivity contribution is -0.192. The standard InChI is InChI=1S/C23H27N7O.C2HF3O2/c1-15-11-17(13-29-12-16(2)26-20(15)29)27-22(31)30-9-4-18-19(3-7-24-21(18)30)28-10-8-25-23(14-28)5-6-23;3-2(4,5)1(6)7/h3,7,11-13,25H,4-6,8-10,14H2,1-2H3,(H,27,31);(H,6,7). The molecule has 1 aliphatic carbocycles. The zero-order chi connectivity index (χ0) is 27.2. The van der Waals surface area contributed by atoms with E-state index < -0.39 is 12.1 Å². The zero-order valence-electron chi connectivity index (χ0n) is 21.0. The first-order chi connectivity index (χ1) is 18.0. The lowest BCUT2D eigenvalue weighted by Gasteiger charge is -2.36. The van der Waals surface area contributed by atoms with E-state index >= 15 is 0 Å². The molecule has 3 aliphatic rings. The molecule has 3 aromatic rings. The number of aromatic nitrogens is 3. The minimum Gasteiger partial charge on any atom is -0.475 e. The van der Waals surface area contributed by atoms with Gasteiger partial charge in [0, 0.05) is 61.6 Å². The van der Waals surface area contributed by atoms with Crippen LogP contribution in [0.2, 0.25) is 0 Å². The van der Waals surface area contributed by atoms with Gasteiger partial charge in [-0.2, -0.15) is 13.2 Å². The molecule has 0 unspecified atom stereocenters. The van der Waals surface area contributed by atoms with Crippen LogP contribution in [0.25, 0.3) is 5.65 Å². The second kappa shape index (κ2) is 9.46. The first kappa shape index (κ1) is 25.8. The number of amides is 2. The van der Waals surface area contributed by atoms with Crippen molar-refractivity contribution in [2.24, 2.45) is 0 Å². The van der Waals surface area contributed by atoms with Crippen LogP contribution in [0, 0.1) is 13.8 Å². The van der Waals surface area contributed by atoms with E-state index in [4.69, 9.17) is 9.90 Å². The Morgan fingerprint density at radius 2 is 1.92 bits per heavy atom. The summed E-state index contributed by atoms with van der Waals surface area (Å²) in [5.41, 5.74) is 6.39. The number of rotatable bonds is 2. The number of aryl methyl sites for hydroxylation is 2. The Labute approximate surface area is 216 Å². The van der Waals surface area contributed by atoms with Gasteiger partial charge in [0.1, 0.15) is 11.5 Å². The Morgan fingerprint density at radius 1 is 1.18 bits per heavy atom. The molecule has 3 aromatic heterocycles. The van der Waals surface area contributed by atoms with Crippen molar-refractivity contribution in [2.45, 2.75) is 44.8 Å². The lowest BCUT2D eigenvalue weighted by atomic mass is 10.1. The Balaban J connectivity index is 0.000000374. The average Bonchev–Trinajstić information content (AvgIpc) is 3.25. The molecule has 1 spiro atoms. The molecule has 1 saturated heterocycles. The number of piperazine rings is 1. The topological polar surface area (TPSA) is 115 Å². The largest absolute Gasteiger partial charge is 0.490 e. The molecular weight excluding hydrogens is 503 g/mol. The highest BCUT2D eigenvalue weighted by molar-refractivity contribution is 6.03. The number of nitrogens with zero attached hydrogens (tertiary/aromatic N) is 5. The molecule has 0 bridgehead atoms. The number of nitrogens with one attached hydrogen (secondary N) is 2. The molecule has 0 atom stereocenters. The number of carbonyl (C=O) groups excluding carboxylic acids is 1. The maximum atomic E-state index is 13.2. The molecule has 10 nitrogen and oxygen atoms in total. The third-order valence-electron chi connectivity index (χ3n) is 7.01. The van der Waals surface area contributed by atoms with Gasteiger partial charge in [0.2, 0.25) is 0 Å². The maximum absolute atomic E-state index is 13.2. The van der Waals surface area contributed by atoms with E-state index in [1.807, 2.05) is 42.9 Å². The molecule has 1 saturated carbocycles. The molecule has 6 rings (SSSR count). The van der Waals surface area contributed by atoms with Crippen molar-refractivity contribution < 1.29 is 27.9 Å². The Morgan fingerprint density at radius 3 is 2.61 bits per heavy atom. The van der Waals surface area contributed by atoms with Crippen molar-refractivity contribution in [1.29, 1.82) is 0 Å². The number of hydrogen-bond acceptors (Lipinski definition) is 6. The minimum absolute atomic E-state index is 0.141. The van der Waals surface area contributed by atoms with Crippen molar-refractivity contribution >= 4 is 34.8 Å². The fourth-order valence-corrected chi connectivity index (χ4v) is 5.07. The van der Waals surface area contributed by atoms with Crippen LogP contribution in [0.5, 0.6) is 0 Å². The number of carbonyl (C=O) groups is 2. The monoisotopic (exact) mass is 531 g/mol. The quantitative estimate of drug-likeness (QED) is 0.464. The number of carboxylic acids is 1. The molecule has 0 aromatic carbocycles. The highest BCUT2D eigenvalue weighted by Gasteiger charge is 2.46. The minimum atomic E-state index is -5.08. The van der Waals surface area contributed by atoms with Crippen molar-refractivity contribution in [1.82, 2.24) is 19.7 Å². The molecule has 13 heteroatoms. The van der Waals surface area contributed by atoms with E-state index in [1.165, 1.54) is 24.1 Å². The number of anilines is 3. The predicted octanol–water partition coefficient (Wildman–Crippen LogP) is 3.52. The normalized spacial score (nSPS) is 17.7. The Hall–Kier alpha value is -3.87. The van der Waals surface area contributed by atoms with Crippen molar-refractivity contribution in [3.8, 4) is 0 Å². The summed E-state index contributed by atoms with van der Waals surface area (Å²) in [6.45, 7) is 7.67. The van der Waals surface area contributed by atoms with Gasteiger partial charge < -0.3 is 25.0 Å². The van der Waals surface area contributed by atoms with Gasteiger partial charge in [-0.3, -0.25) is 4.90 Å². The van der Waals surface area contributed by atoms with E-state index in [0.29, 0.717) is 12.1 Å². The van der Waals surface area contributed by atoms with E-state index in [0.717, 1.165) is 54.5 Å². The molecule has 2 fully saturated rings. The number of hydrogen-bond donors (Lipinski definition) is 3. The van der Waals surface area contributed by atoms with Crippen LogP contribution < -0.4 is 20.4 Å². The highest BCUT2D eigenvalue weighted by atomic mass is 19.4. The fourth-order valence-electron chi connectivity index (χ4n) is 5.07. The molecule has 2 aliphatic heterocycles. The molecule has 0 radical (unpaired) electrons. The zero-order valence-corrected chi connectivity index (χ0v) is 21.0. The maximum Gasteiger partial charge on any atom is 0.490 e. The molecule has 5 heterocycles. The third-order valence-corrected chi connectivity index (χ3v) is 7.01. The van der Waals surface area contributed by atoms with Crippen LogP contribution in [0.1, 0.15) is 29.7 Å². The smallest absolute Gasteiger partial charge is 0.475 e. The summed E-state index contributed by atoms with van der Waals surface area (Å²) in [6, 6.07) is 3.94. The summed E-state index contributed by atoms with van der Waals surface area (Å²) in [7, 11) is 0. The van der Waals surface area contributed by atoms with E-state index in [2.05, 4.69) is 31.6 Å². The van der Waals surface area contributed by atoms with Crippen LogP contribution in [0.3, 0.4) is 0 Å². The summed E-state index contributed by atoms with van der Waals surface area (Å²) in [4.78, 5) is 35.4. The number of fused-ring (bicyclic) bond motifs is 2. The van der Waals surface area contributed by atoms with Gasteiger partial charge in [0.15, 0.2) is 0 Å². The molecule has 38 heavy (non-hydrogen) atoms. The van der Waals surface area contributed by atoms with Gasteiger partial charge in [-0.1, -0.05) is 0 Å². The van der Waals surface area contributed by atoms with Crippen LogP contribution >= 0.6 is 0 Å². The summed E-state index contributed by atoms with van der Waals surface area (Å²) in [5, 5.41) is 13.9. The second-order valence-corrected chi connectivity index (χ2v) is 9.92. The summed E-state index contributed by atoms with van der Waals surface area (Å²) >= 11 is 0. The summed E-state index contributed by atoms with van der Waals surface area (Å²) in [5.74, 6) is -1.97. The van der Waals surface area contributed by atoms with Gasteiger partial charge >= 0.3 is 18.2 Å². The average molecular weight is 532 g/mol. The van der Waals surface area contributed by atoms with Gasteiger partial charge in [-0.15, -0.1) is 0 Å². The summed E-state index contributed by atoms with van der Waals surface area (Å²) in [6.07, 6.45) is 3.98. The number of pyridine rings is 2. The van der Waals surface area contributed by atoms with Gasteiger partial charge in [0.05, 0.1) is 11.4 Å².